The lowest BCUT2D eigenvalue weighted by molar-refractivity contribution is 0.688. The summed E-state index contributed by atoms with van der Waals surface area (Å²) in [6, 6.07) is 14.5. The molecule has 27 heavy (non-hydrogen) atoms. The van der Waals surface area contributed by atoms with E-state index in [-0.39, 0.29) is 0 Å². The van der Waals surface area contributed by atoms with E-state index in [1.807, 2.05) is 54.3 Å². The number of pyridine rings is 1. The average molecular weight is 362 g/mol. The molecule has 0 unspecified atom stereocenters. The Labute approximate surface area is 160 Å². The number of nitrogens with zero attached hydrogens (tertiary/aromatic N) is 5. The summed E-state index contributed by atoms with van der Waals surface area (Å²) in [5.41, 5.74) is 9.67. The zero-order chi connectivity index (χ0) is 19.2. The van der Waals surface area contributed by atoms with Crippen LogP contribution in [0.1, 0.15) is 23.6 Å². The van der Waals surface area contributed by atoms with Crippen molar-refractivity contribution in [3.05, 3.63) is 71.5 Å². The first kappa shape index (κ1) is 18.6. The molecule has 0 aliphatic rings. The van der Waals surface area contributed by atoms with Crippen LogP contribution in [0.5, 0.6) is 0 Å². The van der Waals surface area contributed by atoms with Gasteiger partial charge < -0.3 is 10.6 Å². The van der Waals surface area contributed by atoms with Crippen LogP contribution < -0.4 is 10.6 Å². The second kappa shape index (κ2) is 8.49. The van der Waals surface area contributed by atoms with Crippen LogP contribution in [0.15, 0.2) is 59.9 Å². The Bertz CT molecular complexity index is 891. The molecule has 2 N–H and O–H groups in total. The van der Waals surface area contributed by atoms with E-state index >= 15 is 0 Å². The maximum atomic E-state index is 6.09. The van der Waals surface area contributed by atoms with Crippen molar-refractivity contribution in [1.29, 1.82) is 0 Å². The van der Waals surface area contributed by atoms with Crippen LogP contribution >= 0.6 is 0 Å². The van der Waals surface area contributed by atoms with E-state index in [2.05, 4.69) is 46.3 Å². The SMILES string of the molecule is CCc1ccc(Cn2ccc(N=C(N)Cc3ccc(N(C)C)nc3)n2)cc1. The number of aliphatic imine (C=N–C) groups is 1. The van der Waals surface area contributed by atoms with Gasteiger partial charge in [0, 0.05) is 39.0 Å². The molecular weight excluding hydrogens is 336 g/mol. The molecule has 0 aliphatic heterocycles. The van der Waals surface area contributed by atoms with Gasteiger partial charge in [-0.15, -0.1) is 0 Å². The van der Waals surface area contributed by atoms with E-state index in [0.717, 1.165) is 24.3 Å². The molecule has 0 radical (unpaired) electrons. The minimum absolute atomic E-state index is 0.520. The molecule has 140 valence electrons. The lowest BCUT2D eigenvalue weighted by atomic mass is 10.1. The maximum Gasteiger partial charge on any atom is 0.175 e. The number of hydrogen-bond donors (Lipinski definition) is 1. The second-order valence-electron chi connectivity index (χ2n) is 6.74. The third-order valence-corrected chi connectivity index (χ3v) is 4.31. The first-order valence-corrected chi connectivity index (χ1v) is 9.10. The Morgan fingerprint density at radius 2 is 1.74 bits per heavy atom. The van der Waals surface area contributed by atoms with Gasteiger partial charge in [0.2, 0.25) is 0 Å². The lowest BCUT2D eigenvalue weighted by Crippen LogP contribution is -2.15. The summed E-state index contributed by atoms with van der Waals surface area (Å²) in [5, 5.41) is 4.49. The number of aromatic nitrogens is 3. The smallest absolute Gasteiger partial charge is 0.175 e. The summed E-state index contributed by atoms with van der Waals surface area (Å²) in [4.78, 5) is 10.8. The summed E-state index contributed by atoms with van der Waals surface area (Å²) < 4.78 is 1.88. The number of aryl methyl sites for hydroxylation is 1. The molecule has 2 heterocycles. The van der Waals surface area contributed by atoms with Crippen LogP contribution in [0.3, 0.4) is 0 Å². The Kier molecular flexibility index (Phi) is 5.86. The second-order valence-corrected chi connectivity index (χ2v) is 6.74. The fraction of sp³-hybridized carbons (Fsp3) is 0.286. The molecule has 2 aromatic heterocycles. The number of rotatable bonds is 7. The van der Waals surface area contributed by atoms with Gasteiger partial charge in [0.25, 0.3) is 0 Å². The number of anilines is 1. The van der Waals surface area contributed by atoms with Crippen molar-refractivity contribution < 1.29 is 0 Å². The van der Waals surface area contributed by atoms with E-state index in [9.17, 15) is 0 Å². The van der Waals surface area contributed by atoms with Crippen molar-refractivity contribution in [1.82, 2.24) is 14.8 Å². The minimum atomic E-state index is 0.520. The summed E-state index contributed by atoms with van der Waals surface area (Å²) in [5.74, 6) is 2.06. The van der Waals surface area contributed by atoms with Gasteiger partial charge in [-0.1, -0.05) is 37.3 Å². The van der Waals surface area contributed by atoms with Crippen molar-refractivity contribution in [2.75, 3.05) is 19.0 Å². The first-order valence-electron chi connectivity index (χ1n) is 9.10. The Hall–Kier alpha value is -3.15. The fourth-order valence-corrected chi connectivity index (χ4v) is 2.75. The molecule has 0 fully saturated rings. The third-order valence-electron chi connectivity index (χ3n) is 4.31. The van der Waals surface area contributed by atoms with Crippen molar-refractivity contribution in [2.45, 2.75) is 26.3 Å². The van der Waals surface area contributed by atoms with Crippen LogP contribution in [-0.2, 0) is 19.4 Å². The van der Waals surface area contributed by atoms with Crippen molar-refractivity contribution >= 4 is 17.5 Å². The predicted octanol–water partition coefficient (Wildman–Crippen LogP) is 3.19. The molecule has 0 bridgehead atoms. The zero-order valence-electron chi connectivity index (χ0n) is 16.1. The number of hydrogen-bond acceptors (Lipinski definition) is 4. The molecule has 0 saturated heterocycles. The molecule has 0 amide bonds. The van der Waals surface area contributed by atoms with Gasteiger partial charge in [-0.05, 0) is 29.2 Å². The molecule has 3 rings (SSSR count). The fourth-order valence-electron chi connectivity index (χ4n) is 2.75. The van der Waals surface area contributed by atoms with Gasteiger partial charge in [0.15, 0.2) is 5.82 Å². The highest BCUT2D eigenvalue weighted by Crippen LogP contribution is 2.12. The summed E-state index contributed by atoms with van der Waals surface area (Å²) >= 11 is 0. The van der Waals surface area contributed by atoms with Gasteiger partial charge in [-0.2, -0.15) is 5.10 Å². The van der Waals surface area contributed by atoms with Crippen LogP contribution in [0.4, 0.5) is 11.6 Å². The Morgan fingerprint density at radius 1 is 1.04 bits per heavy atom. The largest absolute Gasteiger partial charge is 0.387 e. The highest BCUT2D eigenvalue weighted by molar-refractivity contribution is 5.84. The quantitative estimate of drug-likeness (QED) is 0.517. The van der Waals surface area contributed by atoms with Gasteiger partial charge in [0.05, 0.1) is 6.54 Å². The number of benzene rings is 1. The Morgan fingerprint density at radius 3 is 2.37 bits per heavy atom. The minimum Gasteiger partial charge on any atom is -0.387 e. The van der Waals surface area contributed by atoms with Crippen molar-refractivity contribution in [3.63, 3.8) is 0 Å². The molecule has 0 atom stereocenters. The molecule has 3 aromatic rings. The van der Waals surface area contributed by atoms with Crippen LogP contribution in [0, 0.1) is 0 Å². The van der Waals surface area contributed by atoms with Crippen molar-refractivity contribution in [2.24, 2.45) is 10.7 Å². The normalized spacial score (nSPS) is 11.6. The van der Waals surface area contributed by atoms with Crippen LogP contribution in [0.2, 0.25) is 0 Å². The average Bonchev–Trinajstić information content (AvgIpc) is 3.09. The van der Waals surface area contributed by atoms with Gasteiger partial charge >= 0.3 is 0 Å². The van der Waals surface area contributed by atoms with E-state index in [4.69, 9.17) is 5.73 Å². The zero-order valence-corrected chi connectivity index (χ0v) is 16.1. The lowest BCUT2D eigenvalue weighted by Gasteiger charge is -2.11. The third kappa shape index (κ3) is 5.17. The standard InChI is InChI=1S/C21H26N6/c1-4-16-5-7-17(8-6-16)15-27-12-11-20(25-27)24-19(22)13-18-9-10-21(23-14-18)26(2)3/h5-12,14H,4,13,15H2,1-3H3,(H2,22,24,25). The van der Waals surface area contributed by atoms with Crippen molar-refractivity contribution in [3.8, 4) is 0 Å². The molecule has 6 nitrogen and oxygen atoms in total. The summed E-state index contributed by atoms with van der Waals surface area (Å²) in [6.45, 7) is 2.87. The topological polar surface area (TPSA) is 72.3 Å². The van der Waals surface area contributed by atoms with Crippen LogP contribution in [0.25, 0.3) is 0 Å². The van der Waals surface area contributed by atoms with E-state index < -0.39 is 0 Å². The monoisotopic (exact) mass is 362 g/mol. The Balaban J connectivity index is 1.62. The van der Waals surface area contributed by atoms with Gasteiger partial charge in [-0.3, -0.25) is 4.68 Å². The molecule has 6 heteroatoms. The van der Waals surface area contributed by atoms with Gasteiger partial charge in [0.1, 0.15) is 11.7 Å². The predicted molar refractivity (Wildman–Crippen MR) is 111 cm³/mol. The summed E-state index contributed by atoms with van der Waals surface area (Å²) in [6.07, 6.45) is 5.35. The van der Waals surface area contributed by atoms with E-state index in [1.165, 1.54) is 11.1 Å². The first-order chi connectivity index (χ1) is 13.0. The van der Waals surface area contributed by atoms with Crippen LogP contribution in [-0.4, -0.2) is 34.7 Å². The maximum absolute atomic E-state index is 6.09. The van der Waals surface area contributed by atoms with E-state index in [1.54, 1.807) is 0 Å². The summed E-state index contributed by atoms with van der Waals surface area (Å²) in [7, 11) is 3.93. The molecule has 0 spiro atoms. The molecule has 1 aromatic carbocycles. The molecular formula is C21H26N6. The number of nitrogens with two attached hydrogens (primary N) is 1. The molecule has 0 saturated carbocycles. The highest BCUT2D eigenvalue weighted by Gasteiger charge is 2.03. The van der Waals surface area contributed by atoms with E-state index in [0.29, 0.717) is 18.1 Å². The van der Waals surface area contributed by atoms with Gasteiger partial charge in [-0.25, -0.2) is 9.98 Å². The number of amidine groups is 1. The molecule has 0 aliphatic carbocycles. The highest BCUT2D eigenvalue weighted by atomic mass is 15.3.